The summed E-state index contributed by atoms with van der Waals surface area (Å²) in [5.74, 6) is -1.64. The zero-order valence-corrected chi connectivity index (χ0v) is 55.4. The van der Waals surface area contributed by atoms with Crippen LogP contribution in [0.1, 0.15) is 239 Å². The molecule has 18 heteroatoms. The number of allylic oxidation sites excluding steroid dienone is 20. The van der Waals surface area contributed by atoms with E-state index in [2.05, 4.69) is 142 Å². The molecular weight excluding hydrogens is 1150 g/mol. The van der Waals surface area contributed by atoms with E-state index in [1.54, 1.807) is 0 Å². The second-order valence-corrected chi connectivity index (χ2v) is 24.4. The van der Waals surface area contributed by atoms with Gasteiger partial charge in [-0.05, 0) is 128 Å². The van der Waals surface area contributed by atoms with E-state index in [-0.39, 0.29) is 19.3 Å². The molecule has 0 saturated heterocycles. The summed E-state index contributed by atoms with van der Waals surface area (Å²) in [7, 11) is -9.79. The number of phosphoric acid groups is 2. The molecule has 0 aromatic rings. The molecule has 0 aliphatic heterocycles. The lowest BCUT2D eigenvalue weighted by atomic mass is 10.1. The predicted octanol–water partition coefficient (Wildman–Crippen LogP) is 17.9. The van der Waals surface area contributed by atoms with E-state index in [1.807, 2.05) is 0 Å². The molecule has 16 nitrogen and oxygen atoms in total. The van der Waals surface area contributed by atoms with Crippen molar-refractivity contribution in [1.82, 2.24) is 0 Å². The highest BCUT2D eigenvalue weighted by molar-refractivity contribution is 7.47. The molecule has 498 valence electrons. The van der Waals surface area contributed by atoms with Gasteiger partial charge in [0.2, 0.25) is 0 Å². The predicted molar refractivity (Wildman–Crippen MR) is 353 cm³/mol. The Labute approximate surface area is 525 Å². The fourth-order valence-corrected chi connectivity index (χ4v) is 9.75. The lowest BCUT2D eigenvalue weighted by Gasteiger charge is -2.21. The smallest absolute Gasteiger partial charge is 0.463 e. The average molecular weight is 1260 g/mol. The Hall–Kier alpha value is -4.05. The molecule has 0 fully saturated rings. The SMILES string of the molecule is CC/C=C\C/C=C\C/C=C\C/C=C\C/C=C\CCCCCC(=O)OCC(O)COP(=O)(O)OCC(O)COP(=O)(O)OCC(COC(=O)CCCCCCCC/C=C\C/C=C\C/C=C\C/C=C\CC)OC(=O)CCCCCCC/C=C\CCCCCC. The number of ether oxygens (including phenoxy) is 3. The van der Waals surface area contributed by atoms with E-state index in [1.165, 1.54) is 25.7 Å². The minimum Gasteiger partial charge on any atom is -0.463 e. The molecule has 0 bridgehead atoms. The van der Waals surface area contributed by atoms with Crippen molar-refractivity contribution in [3.63, 3.8) is 0 Å². The van der Waals surface area contributed by atoms with Crippen LogP contribution in [0.5, 0.6) is 0 Å². The molecule has 0 radical (unpaired) electrons. The van der Waals surface area contributed by atoms with Gasteiger partial charge < -0.3 is 34.2 Å². The van der Waals surface area contributed by atoms with Gasteiger partial charge in [0.1, 0.15) is 25.4 Å². The third-order valence-corrected chi connectivity index (χ3v) is 15.1. The molecule has 0 amide bonds. The quantitative estimate of drug-likeness (QED) is 0.0146. The Bertz CT molecular complexity index is 2070. The first-order valence-electron chi connectivity index (χ1n) is 32.8. The van der Waals surface area contributed by atoms with E-state index in [0.29, 0.717) is 19.3 Å². The average Bonchev–Trinajstić information content (AvgIpc) is 3.63. The normalized spacial score (nSPS) is 15.1. The number of carbonyl (C=O) groups excluding carboxylic acids is 3. The zero-order valence-electron chi connectivity index (χ0n) is 53.6. The molecule has 0 rings (SSSR count). The fraction of sp³-hybridized carbons (Fsp3) is 0.667. The monoisotopic (exact) mass is 1260 g/mol. The van der Waals surface area contributed by atoms with Crippen molar-refractivity contribution in [2.75, 3.05) is 39.6 Å². The van der Waals surface area contributed by atoms with Crippen LogP contribution in [0.15, 0.2) is 122 Å². The molecule has 87 heavy (non-hydrogen) atoms. The second kappa shape index (κ2) is 62.2. The number of esters is 3. The van der Waals surface area contributed by atoms with Gasteiger partial charge in [0.15, 0.2) is 6.10 Å². The Morgan fingerprint density at radius 3 is 0.989 bits per heavy atom. The van der Waals surface area contributed by atoms with Crippen molar-refractivity contribution >= 4 is 33.6 Å². The van der Waals surface area contributed by atoms with E-state index in [9.17, 15) is 43.5 Å². The van der Waals surface area contributed by atoms with Crippen molar-refractivity contribution in [2.24, 2.45) is 0 Å². The van der Waals surface area contributed by atoms with Crippen molar-refractivity contribution < 1.29 is 75.8 Å². The van der Waals surface area contributed by atoms with Crippen LogP contribution in [0, 0.1) is 0 Å². The lowest BCUT2D eigenvalue weighted by Crippen LogP contribution is -2.30. The number of rotatable bonds is 61. The standard InChI is InChI=1S/C69H116O16P2/c1-4-7-10-13-16-19-22-25-27-29-31-33-35-38-40-43-46-49-52-55-67(72)79-58-64(70)59-81-86(75,76)82-60-65(71)61-83-87(77,78)84-63-66(85-69(74)57-54-51-48-45-42-37-24-21-18-15-12-9-6-3)62-80-68(73)56-53-50-47-44-41-39-36-34-32-30-28-26-23-20-17-14-11-8-5-2/h7-8,10-11,16-17,19-21,24-28,31-34,38,40,64-66,70-71H,4-6,9,12-15,18,22-23,29-30,35-37,39,41-63H2,1-3H3,(H,75,76)(H,77,78)/b10-7-,11-8-,19-16-,20-17-,24-21-,27-25-,28-26-,33-31-,34-32-,40-38-. The molecule has 5 atom stereocenters. The summed E-state index contributed by atoms with van der Waals surface area (Å²) in [6.45, 7) is 2.34. The highest BCUT2D eigenvalue weighted by atomic mass is 31.2. The number of hydrogen-bond acceptors (Lipinski definition) is 14. The lowest BCUT2D eigenvalue weighted by molar-refractivity contribution is -0.161. The van der Waals surface area contributed by atoms with Crippen LogP contribution in [-0.2, 0) is 55.8 Å². The van der Waals surface area contributed by atoms with E-state index < -0.39 is 91.5 Å². The molecule has 0 heterocycles. The minimum atomic E-state index is -4.93. The van der Waals surface area contributed by atoms with Crippen LogP contribution < -0.4 is 0 Å². The highest BCUT2D eigenvalue weighted by Crippen LogP contribution is 2.45. The summed E-state index contributed by atoms with van der Waals surface area (Å²) in [6.07, 6.45) is 69.7. The molecule has 0 aromatic carbocycles. The van der Waals surface area contributed by atoms with Crippen LogP contribution in [-0.4, -0.2) is 95.9 Å². The molecular formula is C69H116O16P2. The van der Waals surface area contributed by atoms with Gasteiger partial charge in [-0.1, -0.05) is 213 Å². The van der Waals surface area contributed by atoms with Crippen LogP contribution in [0.4, 0.5) is 0 Å². The molecule has 4 N–H and O–H groups in total. The first kappa shape index (κ1) is 83.0. The molecule has 5 unspecified atom stereocenters. The number of phosphoric ester groups is 2. The molecule has 0 aromatic heterocycles. The number of carbonyl (C=O) groups is 3. The first-order valence-corrected chi connectivity index (χ1v) is 35.8. The summed E-state index contributed by atoms with van der Waals surface area (Å²) < 4.78 is 60.8. The van der Waals surface area contributed by atoms with Gasteiger partial charge >= 0.3 is 33.6 Å². The van der Waals surface area contributed by atoms with Crippen molar-refractivity contribution in [3.05, 3.63) is 122 Å². The van der Waals surface area contributed by atoms with E-state index in [4.69, 9.17) is 32.3 Å². The summed E-state index contributed by atoms with van der Waals surface area (Å²) in [5, 5.41) is 20.5. The first-order chi connectivity index (χ1) is 42.2. The number of aliphatic hydroxyl groups is 2. The van der Waals surface area contributed by atoms with Gasteiger partial charge in [0, 0.05) is 19.3 Å². The molecule has 0 aliphatic rings. The van der Waals surface area contributed by atoms with Gasteiger partial charge in [-0.15, -0.1) is 0 Å². The Morgan fingerprint density at radius 2 is 0.609 bits per heavy atom. The summed E-state index contributed by atoms with van der Waals surface area (Å²) in [5.41, 5.74) is 0. The topological polar surface area (TPSA) is 231 Å². The maximum atomic E-state index is 12.9. The van der Waals surface area contributed by atoms with Crippen molar-refractivity contribution in [2.45, 2.75) is 257 Å². The molecule has 0 saturated carbocycles. The minimum absolute atomic E-state index is 0.0875. The second-order valence-electron chi connectivity index (χ2n) is 21.5. The van der Waals surface area contributed by atoms with Gasteiger partial charge in [0.05, 0.1) is 26.4 Å². The van der Waals surface area contributed by atoms with Crippen molar-refractivity contribution in [3.8, 4) is 0 Å². The van der Waals surface area contributed by atoms with Crippen LogP contribution in [0.3, 0.4) is 0 Å². The van der Waals surface area contributed by atoms with Gasteiger partial charge in [0.25, 0.3) is 0 Å². The van der Waals surface area contributed by atoms with Crippen LogP contribution in [0.25, 0.3) is 0 Å². The van der Waals surface area contributed by atoms with Crippen LogP contribution >= 0.6 is 15.6 Å². The van der Waals surface area contributed by atoms with E-state index in [0.717, 1.165) is 154 Å². The van der Waals surface area contributed by atoms with Gasteiger partial charge in [-0.3, -0.25) is 32.5 Å². The zero-order chi connectivity index (χ0) is 63.8. The van der Waals surface area contributed by atoms with Crippen LogP contribution in [0.2, 0.25) is 0 Å². The van der Waals surface area contributed by atoms with Gasteiger partial charge in [-0.2, -0.15) is 0 Å². The Morgan fingerprint density at radius 1 is 0.333 bits per heavy atom. The highest BCUT2D eigenvalue weighted by Gasteiger charge is 2.29. The van der Waals surface area contributed by atoms with E-state index >= 15 is 0 Å². The summed E-state index contributed by atoms with van der Waals surface area (Å²) in [4.78, 5) is 58.3. The third kappa shape index (κ3) is 63.3. The summed E-state index contributed by atoms with van der Waals surface area (Å²) >= 11 is 0. The molecule has 0 aliphatic carbocycles. The van der Waals surface area contributed by atoms with Crippen molar-refractivity contribution in [1.29, 1.82) is 0 Å². The molecule has 0 spiro atoms. The largest absolute Gasteiger partial charge is 0.472 e. The number of aliphatic hydroxyl groups excluding tert-OH is 2. The maximum absolute atomic E-state index is 12.9. The third-order valence-electron chi connectivity index (χ3n) is 13.2. The number of unbranched alkanes of at least 4 members (excludes halogenated alkanes) is 18. The van der Waals surface area contributed by atoms with Gasteiger partial charge in [-0.25, -0.2) is 9.13 Å². The summed E-state index contributed by atoms with van der Waals surface area (Å²) in [6, 6.07) is 0. The Kier molecular flexibility index (Phi) is 59.3. The maximum Gasteiger partial charge on any atom is 0.472 e. The fourth-order valence-electron chi connectivity index (χ4n) is 8.17. The Balaban J connectivity index is 4.71. The number of hydrogen-bond donors (Lipinski definition) is 4.